The zero-order valence-electron chi connectivity index (χ0n) is 12.3. The molecule has 18 heavy (non-hydrogen) atoms. The quantitative estimate of drug-likeness (QED) is 0.734. The SMILES string of the molecule is CCCC(CCN)CNC(=O)C1CCCC1(C)C. The summed E-state index contributed by atoms with van der Waals surface area (Å²) in [5.41, 5.74) is 5.80. The predicted octanol–water partition coefficient (Wildman–Crippen LogP) is 2.69. The molecule has 1 rings (SSSR count). The number of hydrogen-bond donors (Lipinski definition) is 2. The number of carbonyl (C=O) groups excluding carboxylic acids is 1. The van der Waals surface area contributed by atoms with Crippen molar-refractivity contribution in [2.24, 2.45) is 23.0 Å². The molecule has 106 valence electrons. The van der Waals surface area contributed by atoms with Crippen LogP contribution in [0.2, 0.25) is 0 Å². The van der Waals surface area contributed by atoms with Crippen LogP contribution in [0.4, 0.5) is 0 Å². The van der Waals surface area contributed by atoms with Crippen molar-refractivity contribution >= 4 is 5.91 Å². The summed E-state index contributed by atoms with van der Waals surface area (Å²) in [5, 5.41) is 3.16. The fourth-order valence-electron chi connectivity index (χ4n) is 3.17. The molecule has 1 aliphatic carbocycles. The van der Waals surface area contributed by atoms with Gasteiger partial charge in [-0.25, -0.2) is 0 Å². The lowest BCUT2D eigenvalue weighted by Crippen LogP contribution is -2.38. The maximum absolute atomic E-state index is 12.2. The van der Waals surface area contributed by atoms with Crippen LogP contribution >= 0.6 is 0 Å². The summed E-state index contributed by atoms with van der Waals surface area (Å²) in [6, 6.07) is 0. The fraction of sp³-hybridized carbons (Fsp3) is 0.933. The largest absolute Gasteiger partial charge is 0.356 e. The van der Waals surface area contributed by atoms with E-state index >= 15 is 0 Å². The van der Waals surface area contributed by atoms with Crippen molar-refractivity contribution in [2.45, 2.75) is 59.3 Å². The minimum atomic E-state index is 0.179. The lowest BCUT2D eigenvalue weighted by Gasteiger charge is -2.27. The molecule has 3 nitrogen and oxygen atoms in total. The van der Waals surface area contributed by atoms with Crippen LogP contribution in [-0.4, -0.2) is 19.0 Å². The van der Waals surface area contributed by atoms with E-state index in [0.29, 0.717) is 5.92 Å². The molecule has 1 amide bonds. The second-order valence-corrected chi connectivity index (χ2v) is 6.41. The zero-order valence-corrected chi connectivity index (χ0v) is 12.3. The molecule has 0 aromatic heterocycles. The average molecular weight is 254 g/mol. The van der Waals surface area contributed by atoms with Gasteiger partial charge in [0.05, 0.1) is 0 Å². The third-order valence-electron chi connectivity index (χ3n) is 4.41. The number of nitrogens with one attached hydrogen (secondary N) is 1. The van der Waals surface area contributed by atoms with Gasteiger partial charge in [-0.1, -0.05) is 33.6 Å². The van der Waals surface area contributed by atoms with E-state index in [0.717, 1.165) is 38.8 Å². The highest BCUT2D eigenvalue weighted by Gasteiger charge is 2.39. The van der Waals surface area contributed by atoms with E-state index in [1.165, 1.54) is 12.8 Å². The van der Waals surface area contributed by atoms with Gasteiger partial charge in [0.1, 0.15) is 0 Å². The molecule has 3 heteroatoms. The molecular formula is C15H30N2O. The Morgan fingerprint density at radius 2 is 2.17 bits per heavy atom. The lowest BCUT2D eigenvalue weighted by atomic mass is 9.81. The van der Waals surface area contributed by atoms with E-state index in [9.17, 15) is 4.79 Å². The first-order valence-electron chi connectivity index (χ1n) is 7.49. The molecule has 3 N–H and O–H groups in total. The normalized spacial score (nSPS) is 23.9. The monoisotopic (exact) mass is 254 g/mol. The molecule has 0 spiro atoms. The van der Waals surface area contributed by atoms with E-state index in [1.807, 2.05) is 0 Å². The number of nitrogens with two attached hydrogens (primary N) is 1. The van der Waals surface area contributed by atoms with Crippen molar-refractivity contribution in [3.63, 3.8) is 0 Å². The third kappa shape index (κ3) is 4.27. The van der Waals surface area contributed by atoms with Crippen LogP contribution in [0.5, 0.6) is 0 Å². The van der Waals surface area contributed by atoms with Crippen molar-refractivity contribution in [2.75, 3.05) is 13.1 Å². The summed E-state index contributed by atoms with van der Waals surface area (Å²) in [6.07, 6.45) is 6.75. The number of hydrogen-bond acceptors (Lipinski definition) is 2. The molecule has 0 aliphatic heterocycles. The minimum Gasteiger partial charge on any atom is -0.356 e. The van der Waals surface area contributed by atoms with Gasteiger partial charge < -0.3 is 11.1 Å². The first-order valence-corrected chi connectivity index (χ1v) is 7.49. The van der Waals surface area contributed by atoms with Crippen molar-refractivity contribution < 1.29 is 4.79 Å². The van der Waals surface area contributed by atoms with Gasteiger partial charge in [0.15, 0.2) is 0 Å². The van der Waals surface area contributed by atoms with Gasteiger partial charge in [0, 0.05) is 12.5 Å². The molecule has 0 aromatic carbocycles. The summed E-state index contributed by atoms with van der Waals surface area (Å²) in [7, 11) is 0. The van der Waals surface area contributed by atoms with Gasteiger partial charge in [-0.2, -0.15) is 0 Å². The Morgan fingerprint density at radius 3 is 2.67 bits per heavy atom. The van der Waals surface area contributed by atoms with E-state index in [-0.39, 0.29) is 17.2 Å². The lowest BCUT2D eigenvalue weighted by molar-refractivity contribution is -0.127. The second-order valence-electron chi connectivity index (χ2n) is 6.41. The average Bonchev–Trinajstić information content (AvgIpc) is 2.66. The molecular weight excluding hydrogens is 224 g/mol. The molecule has 0 bridgehead atoms. The molecule has 2 atom stereocenters. The summed E-state index contributed by atoms with van der Waals surface area (Å²) in [5.74, 6) is 1.02. The molecule has 0 heterocycles. The maximum Gasteiger partial charge on any atom is 0.223 e. The Hall–Kier alpha value is -0.570. The molecule has 1 aliphatic rings. The van der Waals surface area contributed by atoms with Gasteiger partial charge in [0.2, 0.25) is 5.91 Å². The topological polar surface area (TPSA) is 55.1 Å². The van der Waals surface area contributed by atoms with Gasteiger partial charge in [0.25, 0.3) is 0 Å². The highest BCUT2D eigenvalue weighted by Crippen LogP contribution is 2.42. The van der Waals surface area contributed by atoms with Crippen molar-refractivity contribution in [3.05, 3.63) is 0 Å². The molecule has 2 unspecified atom stereocenters. The predicted molar refractivity (Wildman–Crippen MR) is 76.2 cm³/mol. The highest BCUT2D eigenvalue weighted by molar-refractivity contribution is 5.79. The van der Waals surface area contributed by atoms with E-state index in [2.05, 4.69) is 26.1 Å². The van der Waals surface area contributed by atoms with Crippen LogP contribution in [0.3, 0.4) is 0 Å². The van der Waals surface area contributed by atoms with Crippen LogP contribution in [0.1, 0.15) is 59.3 Å². The summed E-state index contributed by atoms with van der Waals surface area (Å²) < 4.78 is 0. The van der Waals surface area contributed by atoms with Crippen LogP contribution in [-0.2, 0) is 4.79 Å². The van der Waals surface area contributed by atoms with Crippen LogP contribution < -0.4 is 11.1 Å². The smallest absolute Gasteiger partial charge is 0.223 e. The fourth-order valence-corrected chi connectivity index (χ4v) is 3.17. The summed E-state index contributed by atoms with van der Waals surface area (Å²) in [4.78, 5) is 12.2. The van der Waals surface area contributed by atoms with E-state index in [1.54, 1.807) is 0 Å². The maximum atomic E-state index is 12.2. The summed E-state index contributed by atoms with van der Waals surface area (Å²) >= 11 is 0. The van der Waals surface area contributed by atoms with Gasteiger partial charge in [-0.05, 0) is 43.6 Å². The number of rotatable bonds is 7. The first kappa shape index (κ1) is 15.5. The molecule has 0 aromatic rings. The zero-order chi connectivity index (χ0) is 13.6. The minimum absolute atomic E-state index is 0.179. The molecule has 1 saturated carbocycles. The first-order chi connectivity index (χ1) is 8.51. The van der Waals surface area contributed by atoms with Crippen molar-refractivity contribution in [3.8, 4) is 0 Å². The standard InChI is InChI=1S/C15H30N2O/c1-4-6-12(8-10-16)11-17-14(18)13-7-5-9-15(13,2)3/h12-13H,4-11,16H2,1-3H3,(H,17,18). The molecule has 0 saturated heterocycles. The number of amides is 1. The van der Waals surface area contributed by atoms with Gasteiger partial charge in [-0.3, -0.25) is 4.79 Å². The third-order valence-corrected chi connectivity index (χ3v) is 4.41. The Morgan fingerprint density at radius 1 is 1.44 bits per heavy atom. The van der Waals surface area contributed by atoms with Crippen molar-refractivity contribution in [1.29, 1.82) is 0 Å². The van der Waals surface area contributed by atoms with Gasteiger partial charge in [-0.15, -0.1) is 0 Å². The van der Waals surface area contributed by atoms with E-state index < -0.39 is 0 Å². The Kier molecular flexibility index (Phi) is 6.13. The molecule has 0 radical (unpaired) electrons. The van der Waals surface area contributed by atoms with E-state index in [4.69, 9.17) is 5.73 Å². The van der Waals surface area contributed by atoms with Crippen LogP contribution in [0.15, 0.2) is 0 Å². The Labute approximate surface area is 112 Å². The summed E-state index contributed by atoms with van der Waals surface area (Å²) in [6.45, 7) is 8.14. The Balaban J connectivity index is 2.39. The van der Waals surface area contributed by atoms with Crippen LogP contribution in [0, 0.1) is 17.3 Å². The second kappa shape index (κ2) is 7.13. The van der Waals surface area contributed by atoms with Crippen molar-refractivity contribution in [1.82, 2.24) is 5.32 Å². The molecule has 1 fully saturated rings. The number of carbonyl (C=O) groups is 1. The highest BCUT2D eigenvalue weighted by atomic mass is 16.1. The van der Waals surface area contributed by atoms with Crippen LogP contribution in [0.25, 0.3) is 0 Å². The van der Waals surface area contributed by atoms with Gasteiger partial charge >= 0.3 is 0 Å². The Bertz CT molecular complexity index is 257.